The summed E-state index contributed by atoms with van der Waals surface area (Å²) in [7, 11) is 0. The second-order valence-electron chi connectivity index (χ2n) is 11.7. The van der Waals surface area contributed by atoms with E-state index in [-0.39, 0.29) is 6.61 Å². The molecule has 0 fully saturated rings. The Hall–Kier alpha value is -2.67. The molecule has 0 aromatic heterocycles. The zero-order valence-corrected chi connectivity index (χ0v) is 33.1. The maximum absolute atomic E-state index is 9.21. The fraction of sp³-hybridized carbons (Fsp3) is 0.190. The molecular weight excluding hydrogens is 823 g/mol. The second kappa shape index (κ2) is 18.5. The Balaban J connectivity index is 0.000000148. The van der Waals surface area contributed by atoms with Gasteiger partial charge in [0.15, 0.2) is 0 Å². The summed E-state index contributed by atoms with van der Waals surface area (Å²) < 4.78 is 8.14. The molecule has 0 aliphatic carbocycles. The number of halogens is 3. The summed E-state index contributed by atoms with van der Waals surface area (Å²) in [4.78, 5) is 0. The molecule has 7 rings (SSSR count). The van der Waals surface area contributed by atoms with Gasteiger partial charge in [-0.15, -0.1) is 0 Å². The van der Waals surface area contributed by atoms with Crippen molar-refractivity contribution >= 4 is 78.0 Å². The van der Waals surface area contributed by atoms with E-state index in [0.717, 1.165) is 54.7 Å². The molecule has 0 spiro atoms. The maximum atomic E-state index is 9.21. The van der Waals surface area contributed by atoms with Crippen LogP contribution in [0.15, 0.2) is 163 Å². The van der Waals surface area contributed by atoms with Crippen molar-refractivity contribution in [3.63, 3.8) is 0 Å². The molecule has 3 nitrogen and oxygen atoms in total. The summed E-state index contributed by atoms with van der Waals surface area (Å²) in [6.07, 6.45) is 1.90. The molecule has 254 valence electrons. The predicted octanol–water partition coefficient (Wildman–Crippen LogP) is 10.2. The van der Waals surface area contributed by atoms with Crippen molar-refractivity contribution in [3.05, 3.63) is 174 Å². The van der Waals surface area contributed by atoms with Crippen molar-refractivity contribution < 1.29 is 14.6 Å². The van der Waals surface area contributed by atoms with Crippen LogP contribution in [0.2, 0.25) is 0 Å². The minimum Gasteiger partial charge on any atom is -0.392 e. The van der Waals surface area contributed by atoms with Crippen LogP contribution >= 0.6 is 50.9 Å². The third-order valence-electron chi connectivity index (χ3n) is 8.67. The van der Waals surface area contributed by atoms with Gasteiger partial charge in [0.1, 0.15) is 0 Å². The van der Waals surface area contributed by atoms with Gasteiger partial charge < -0.3 is 14.6 Å². The van der Waals surface area contributed by atoms with Gasteiger partial charge in [0.25, 0.3) is 0 Å². The first-order chi connectivity index (χ1) is 23.9. The van der Waals surface area contributed by atoms with Gasteiger partial charge in [0.2, 0.25) is 0 Å². The largest absolute Gasteiger partial charge is 0.392 e. The molecule has 0 atom stereocenters. The Kier molecular flexibility index (Phi) is 14.2. The normalized spacial score (nSPS) is 15.6. The van der Waals surface area contributed by atoms with E-state index in [2.05, 4.69) is 174 Å². The van der Waals surface area contributed by atoms with Crippen molar-refractivity contribution in [3.8, 4) is 0 Å². The number of benzene rings is 5. The smallest absolute Gasteiger partial charge is 0.0723 e. The zero-order valence-electron chi connectivity index (χ0n) is 27.4. The summed E-state index contributed by atoms with van der Waals surface area (Å²) in [6.45, 7) is 3.11. The van der Waals surface area contributed by atoms with Crippen LogP contribution in [0, 0.1) is 0 Å². The van der Waals surface area contributed by atoms with Gasteiger partial charge in [-0.25, -0.2) is 0 Å². The Bertz CT molecular complexity index is 1620. The Morgan fingerprint density at radius 3 is 1.16 bits per heavy atom. The number of ether oxygens (including phenoxy) is 2. The maximum Gasteiger partial charge on any atom is 0.0723 e. The minimum atomic E-state index is -2.75. The summed E-state index contributed by atoms with van der Waals surface area (Å²) in [5, 5.41) is 14.0. The van der Waals surface area contributed by atoms with E-state index in [4.69, 9.17) is 9.47 Å². The SMILES string of the molecule is BrCC1=C(c2ccccc2)COCC1.BrP(Br)(c1ccccc1)(c1ccccc1)c1ccccc1.OCC1=C(c2ccccc2)COCC1. The van der Waals surface area contributed by atoms with Gasteiger partial charge in [0, 0.05) is 5.33 Å². The summed E-state index contributed by atoms with van der Waals surface area (Å²) >= 11 is 11.9. The van der Waals surface area contributed by atoms with Crippen molar-refractivity contribution in [1.29, 1.82) is 0 Å². The van der Waals surface area contributed by atoms with E-state index < -0.39 is 4.01 Å². The average Bonchev–Trinajstić information content (AvgIpc) is 3.20. The van der Waals surface area contributed by atoms with E-state index in [9.17, 15) is 5.11 Å². The molecule has 0 unspecified atom stereocenters. The van der Waals surface area contributed by atoms with Crippen molar-refractivity contribution in [2.24, 2.45) is 0 Å². The molecule has 0 radical (unpaired) electrons. The van der Waals surface area contributed by atoms with Crippen LogP contribution in [-0.4, -0.2) is 43.5 Å². The molecule has 0 saturated carbocycles. The van der Waals surface area contributed by atoms with Gasteiger partial charge in [-0.1, -0.05) is 82.2 Å². The average molecular weight is 865 g/mol. The monoisotopic (exact) mass is 862 g/mol. The number of alkyl halides is 1. The molecule has 1 N–H and O–H groups in total. The predicted molar refractivity (Wildman–Crippen MR) is 221 cm³/mol. The molecule has 49 heavy (non-hydrogen) atoms. The molecule has 5 aromatic rings. The first-order valence-electron chi connectivity index (χ1n) is 16.4. The van der Waals surface area contributed by atoms with Gasteiger partial charge in [-0.3, -0.25) is 0 Å². The van der Waals surface area contributed by atoms with Crippen LogP contribution < -0.4 is 15.9 Å². The van der Waals surface area contributed by atoms with Crippen LogP contribution in [0.5, 0.6) is 0 Å². The number of aliphatic hydroxyl groups excluding tert-OH is 1. The quantitative estimate of drug-likeness (QED) is 0.131. The third-order valence-corrected chi connectivity index (χ3v) is 20.3. The molecule has 5 aromatic carbocycles. The van der Waals surface area contributed by atoms with E-state index in [1.807, 2.05) is 24.3 Å². The first kappa shape index (κ1) is 37.6. The van der Waals surface area contributed by atoms with Crippen molar-refractivity contribution in [2.75, 3.05) is 38.4 Å². The van der Waals surface area contributed by atoms with Gasteiger partial charge in [-0.05, 0) is 40.7 Å². The molecule has 7 heteroatoms. The van der Waals surface area contributed by atoms with Crippen molar-refractivity contribution in [1.82, 2.24) is 0 Å². The van der Waals surface area contributed by atoms with Crippen LogP contribution in [0.25, 0.3) is 11.1 Å². The standard InChI is InChI=1S/C18H15Br2P.C12H13BrO.C12H14O2/c19-21(20,16-10-4-1-5-11-16,17-12-6-2-7-13-17)18-14-8-3-9-15-18;2*13-8-11-6-7-14-9-12(11)10-4-2-1-3-5-10/h1-15H;1-5H,6-9H2;1-5,13H,6-9H2. The molecule has 0 bridgehead atoms. The molecule has 2 heterocycles. The molecular formula is C42H42Br3O3P. The zero-order chi connectivity index (χ0) is 34.4. The summed E-state index contributed by atoms with van der Waals surface area (Å²) in [6, 6.07) is 52.4. The Morgan fingerprint density at radius 2 is 0.816 bits per heavy atom. The summed E-state index contributed by atoms with van der Waals surface area (Å²) in [5.41, 5.74) is 7.55. The Morgan fingerprint density at radius 1 is 0.490 bits per heavy atom. The topological polar surface area (TPSA) is 38.7 Å². The summed E-state index contributed by atoms with van der Waals surface area (Å²) in [5.74, 6) is 0. The van der Waals surface area contributed by atoms with Crippen molar-refractivity contribution in [2.45, 2.75) is 12.8 Å². The van der Waals surface area contributed by atoms with Gasteiger partial charge in [-0.2, -0.15) is 0 Å². The number of rotatable bonds is 7. The Labute approximate surface area is 315 Å². The fourth-order valence-corrected chi connectivity index (χ4v) is 13.8. The van der Waals surface area contributed by atoms with E-state index in [0.29, 0.717) is 6.61 Å². The molecule has 2 aliphatic heterocycles. The number of hydrogen-bond donors (Lipinski definition) is 1. The molecule has 0 saturated heterocycles. The first-order valence-corrected chi connectivity index (χ1v) is 23.8. The number of hydrogen-bond acceptors (Lipinski definition) is 3. The van der Waals surface area contributed by atoms with Crippen LogP contribution in [0.3, 0.4) is 0 Å². The van der Waals surface area contributed by atoms with Crippen LogP contribution in [-0.2, 0) is 9.47 Å². The van der Waals surface area contributed by atoms with E-state index in [1.54, 1.807) is 0 Å². The molecule has 2 aliphatic rings. The fourth-order valence-electron chi connectivity index (χ4n) is 5.94. The molecule has 0 amide bonds. The van der Waals surface area contributed by atoms with Gasteiger partial charge >= 0.3 is 142 Å². The van der Waals surface area contributed by atoms with Crippen LogP contribution in [0.4, 0.5) is 0 Å². The minimum absolute atomic E-state index is 0.146. The number of aliphatic hydroxyl groups is 1. The van der Waals surface area contributed by atoms with Crippen LogP contribution in [0.1, 0.15) is 24.0 Å². The van der Waals surface area contributed by atoms with E-state index in [1.165, 1.54) is 32.6 Å². The van der Waals surface area contributed by atoms with E-state index >= 15 is 0 Å². The van der Waals surface area contributed by atoms with Gasteiger partial charge in [0.05, 0.1) is 33.0 Å². The third kappa shape index (κ3) is 9.36. The second-order valence-corrected chi connectivity index (χ2v) is 27.0.